The predicted molar refractivity (Wildman–Crippen MR) is 131 cm³/mol. The van der Waals surface area contributed by atoms with E-state index in [0.717, 1.165) is 16.7 Å². The Morgan fingerprint density at radius 1 is 1.06 bits per heavy atom. The van der Waals surface area contributed by atoms with Gasteiger partial charge in [0.25, 0.3) is 5.95 Å². The lowest BCUT2D eigenvalue weighted by molar-refractivity contribution is 0.0526. The van der Waals surface area contributed by atoms with Crippen LogP contribution in [0.5, 0.6) is 5.88 Å². The highest BCUT2D eigenvalue weighted by atomic mass is 19.1. The van der Waals surface area contributed by atoms with Crippen molar-refractivity contribution in [2.45, 2.75) is 20.4 Å². The van der Waals surface area contributed by atoms with Crippen LogP contribution >= 0.6 is 0 Å². The number of esters is 1. The fraction of sp³-hybridized carbons (Fsp3) is 0.192. The van der Waals surface area contributed by atoms with Crippen molar-refractivity contribution in [3.63, 3.8) is 0 Å². The number of carbonyl (C=O) groups is 1. The minimum Gasteiger partial charge on any atom is -0.479 e. The number of rotatable bonds is 7. The third-order valence-corrected chi connectivity index (χ3v) is 5.74. The van der Waals surface area contributed by atoms with Crippen LogP contribution in [-0.4, -0.2) is 49.2 Å². The van der Waals surface area contributed by atoms with Crippen molar-refractivity contribution in [3.8, 4) is 23.0 Å². The van der Waals surface area contributed by atoms with Gasteiger partial charge >= 0.3 is 5.97 Å². The van der Waals surface area contributed by atoms with Crippen LogP contribution in [0.3, 0.4) is 0 Å². The van der Waals surface area contributed by atoms with Crippen LogP contribution in [-0.2, 0) is 11.3 Å². The lowest BCUT2D eigenvalue weighted by atomic mass is 9.99. The van der Waals surface area contributed by atoms with Crippen LogP contribution in [0.2, 0.25) is 0 Å². The second-order valence-electron chi connectivity index (χ2n) is 8.09. The Morgan fingerprint density at radius 2 is 1.89 bits per heavy atom. The molecule has 0 radical (unpaired) electrons. The van der Waals surface area contributed by atoms with Crippen molar-refractivity contribution in [1.82, 2.24) is 29.5 Å². The highest BCUT2D eigenvalue weighted by Crippen LogP contribution is 2.28. The first-order valence-corrected chi connectivity index (χ1v) is 11.3. The second kappa shape index (κ2) is 9.57. The summed E-state index contributed by atoms with van der Waals surface area (Å²) in [6, 6.07) is 12.9. The summed E-state index contributed by atoms with van der Waals surface area (Å²) in [4.78, 5) is 20.9. The molecule has 0 N–H and O–H groups in total. The van der Waals surface area contributed by atoms with E-state index in [1.165, 1.54) is 30.3 Å². The molecule has 9 nitrogen and oxygen atoms in total. The summed E-state index contributed by atoms with van der Waals surface area (Å²) < 4.78 is 28.6. The number of fused-ring (bicyclic) bond motifs is 1. The van der Waals surface area contributed by atoms with Gasteiger partial charge in [-0.15, -0.1) is 0 Å². The molecule has 0 spiro atoms. The number of ether oxygens (including phenoxy) is 2. The molecule has 0 fully saturated rings. The molecule has 0 aliphatic heterocycles. The Labute approximate surface area is 206 Å². The quantitative estimate of drug-likeness (QED) is 0.315. The highest BCUT2D eigenvalue weighted by Gasteiger charge is 2.18. The van der Waals surface area contributed by atoms with E-state index in [1.54, 1.807) is 23.9 Å². The van der Waals surface area contributed by atoms with Gasteiger partial charge in [-0.05, 0) is 36.6 Å². The first-order chi connectivity index (χ1) is 17.5. The number of benzene rings is 2. The molecule has 0 aliphatic carbocycles. The predicted octanol–water partition coefficient (Wildman–Crippen LogP) is 4.36. The van der Waals surface area contributed by atoms with Gasteiger partial charge < -0.3 is 9.47 Å². The molecule has 2 aromatic carbocycles. The molecule has 0 saturated heterocycles. The number of methoxy groups -OCH3 is 1. The van der Waals surface area contributed by atoms with Crippen molar-refractivity contribution in [3.05, 3.63) is 83.6 Å². The fourth-order valence-electron chi connectivity index (χ4n) is 3.99. The molecule has 3 aromatic heterocycles. The van der Waals surface area contributed by atoms with Gasteiger partial charge in [0.1, 0.15) is 16.9 Å². The summed E-state index contributed by atoms with van der Waals surface area (Å²) >= 11 is 0. The topological polar surface area (TPSA) is 97.0 Å². The molecule has 10 heteroatoms. The standard InChI is InChI=1S/C26H23FN6O3/c1-4-36-25(34)18-12-28-33(15-18)26-30-22-13-29-32(23(22)24(31-26)35-3)14-17-9-10-20(21(27)11-17)19-8-6-5-7-16(19)2/h5-13,15H,4,14H2,1-3H3. The van der Waals surface area contributed by atoms with Crippen LogP contribution < -0.4 is 4.74 Å². The molecule has 5 aromatic rings. The zero-order chi connectivity index (χ0) is 25.2. The Morgan fingerprint density at radius 3 is 2.64 bits per heavy atom. The summed E-state index contributed by atoms with van der Waals surface area (Å²) in [6.45, 7) is 4.25. The SMILES string of the molecule is CCOC(=O)c1cnn(-c2nc(OC)c3c(cnn3Cc3ccc(-c4ccccc4C)c(F)c3)n2)c1. The van der Waals surface area contributed by atoms with E-state index in [-0.39, 0.29) is 29.8 Å². The van der Waals surface area contributed by atoms with Crippen LogP contribution in [0.25, 0.3) is 28.1 Å². The third kappa shape index (κ3) is 4.28. The van der Waals surface area contributed by atoms with Crippen molar-refractivity contribution in [1.29, 1.82) is 0 Å². The number of aromatic nitrogens is 6. The van der Waals surface area contributed by atoms with Gasteiger partial charge in [-0.25, -0.2) is 18.9 Å². The van der Waals surface area contributed by atoms with E-state index in [1.807, 2.05) is 37.3 Å². The Hall–Kier alpha value is -4.60. The van der Waals surface area contributed by atoms with E-state index >= 15 is 4.39 Å². The molecular formula is C26H23FN6O3. The second-order valence-corrected chi connectivity index (χ2v) is 8.09. The van der Waals surface area contributed by atoms with Gasteiger partial charge in [-0.3, -0.25) is 4.68 Å². The highest BCUT2D eigenvalue weighted by molar-refractivity contribution is 5.88. The van der Waals surface area contributed by atoms with E-state index in [9.17, 15) is 4.79 Å². The van der Waals surface area contributed by atoms with Gasteiger partial charge in [0.2, 0.25) is 5.88 Å². The molecule has 5 rings (SSSR count). The first kappa shape index (κ1) is 23.2. The third-order valence-electron chi connectivity index (χ3n) is 5.74. The zero-order valence-electron chi connectivity index (χ0n) is 20.0. The van der Waals surface area contributed by atoms with E-state index in [0.29, 0.717) is 23.1 Å². The van der Waals surface area contributed by atoms with Crippen LogP contribution in [0.4, 0.5) is 4.39 Å². The summed E-state index contributed by atoms with van der Waals surface area (Å²) in [7, 11) is 1.49. The summed E-state index contributed by atoms with van der Waals surface area (Å²) in [5, 5.41) is 8.59. The van der Waals surface area contributed by atoms with E-state index < -0.39 is 5.97 Å². The largest absolute Gasteiger partial charge is 0.479 e. The Bertz CT molecular complexity index is 1580. The fourth-order valence-corrected chi connectivity index (χ4v) is 3.99. The number of nitrogens with zero attached hydrogens (tertiary/aromatic N) is 6. The molecule has 36 heavy (non-hydrogen) atoms. The number of carbonyl (C=O) groups excluding carboxylic acids is 1. The van der Waals surface area contributed by atoms with Gasteiger partial charge in [0.15, 0.2) is 0 Å². The Balaban J connectivity index is 1.46. The van der Waals surface area contributed by atoms with Crippen LogP contribution in [0, 0.1) is 12.7 Å². The van der Waals surface area contributed by atoms with E-state index in [4.69, 9.17) is 9.47 Å². The van der Waals surface area contributed by atoms with E-state index in [2.05, 4.69) is 20.2 Å². The van der Waals surface area contributed by atoms with Crippen molar-refractivity contribution < 1.29 is 18.7 Å². The smallest absolute Gasteiger partial charge is 0.341 e. The molecule has 0 bridgehead atoms. The average molecular weight is 487 g/mol. The molecule has 0 unspecified atom stereocenters. The van der Waals surface area contributed by atoms with Crippen LogP contribution in [0.1, 0.15) is 28.4 Å². The minimum absolute atomic E-state index is 0.211. The minimum atomic E-state index is -0.481. The number of halogens is 1. The number of aryl methyl sites for hydroxylation is 1. The first-order valence-electron chi connectivity index (χ1n) is 11.3. The van der Waals surface area contributed by atoms with Crippen LogP contribution in [0.15, 0.2) is 61.1 Å². The molecular weight excluding hydrogens is 463 g/mol. The maximum absolute atomic E-state index is 15.0. The molecule has 0 aliphatic rings. The molecule has 0 atom stereocenters. The van der Waals surface area contributed by atoms with Gasteiger partial charge in [0, 0.05) is 11.8 Å². The lowest BCUT2D eigenvalue weighted by Crippen LogP contribution is -2.07. The maximum atomic E-state index is 15.0. The number of hydrogen-bond donors (Lipinski definition) is 0. The number of hydrogen-bond acceptors (Lipinski definition) is 7. The maximum Gasteiger partial charge on any atom is 0.341 e. The van der Waals surface area contributed by atoms with Crippen molar-refractivity contribution in [2.24, 2.45) is 0 Å². The molecule has 3 heterocycles. The Kier molecular flexibility index (Phi) is 6.16. The average Bonchev–Trinajstić information content (AvgIpc) is 3.52. The summed E-state index contributed by atoms with van der Waals surface area (Å²) in [5.41, 5.74) is 4.50. The normalized spacial score (nSPS) is 11.1. The molecule has 182 valence electrons. The van der Waals surface area contributed by atoms with Crippen molar-refractivity contribution >= 4 is 17.0 Å². The zero-order valence-corrected chi connectivity index (χ0v) is 20.0. The van der Waals surface area contributed by atoms with Crippen molar-refractivity contribution in [2.75, 3.05) is 13.7 Å². The lowest BCUT2D eigenvalue weighted by Gasteiger charge is -2.11. The monoisotopic (exact) mass is 486 g/mol. The van der Waals surface area contributed by atoms with Gasteiger partial charge in [-0.1, -0.05) is 36.4 Å². The summed E-state index contributed by atoms with van der Waals surface area (Å²) in [6.07, 6.45) is 4.45. The molecule has 0 saturated carbocycles. The van der Waals surface area contributed by atoms with Gasteiger partial charge in [-0.2, -0.15) is 15.2 Å². The van der Waals surface area contributed by atoms with Gasteiger partial charge in [0.05, 0.1) is 38.2 Å². The summed E-state index contributed by atoms with van der Waals surface area (Å²) in [5.74, 6) is -0.300. The molecule has 0 amide bonds.